The summed E-state index contributed by atoms with van der Waals surface area (Å²) in [5.41, 5.74) is 0. The van der Waals surface area contributed by atoms with Crippen LogP contribution in [0.1, 0.15) is 19.7 Å². The zero-order chi connectivity index (χ0) is 14.3. The summed E-state index contributed by atoms with van der Waals surface area (Å²) in [6.07, 6.45) is 1.70. The highest BCUT2D eigenvalue weighted by Crippen LogP contribution is 2.12. The monoisotopic (exact) mass is 286 g/mol. The van der Waals surface area contributed by atoms with Crippen LogP contribution in [0.5, 0.6) is 0 Å². The summed E-state index contributed by atoms with van der Waals surface area (Å²) in [5, 5.41) is 6.24. The normalized spacial score (nSPS) is 13.9. The molecule has 1 heterocycles. The van der Waals surface area contributed by atoms with Crippen molar-refractivity contribution in [2.45, 2.75) is 25.7 Å². The molecule has 7 heteroatoms. The standard InChI is InChI=1S/C12H22N4O2S/c1-5-18-8-12-15-10(13-3)6-11(16-12)14-7-9(2)19(4)17/h6,9H,5,7-8H2,1-4H3,(H2,13,14,15,16). The van der Waals surface area contributed by atoms with Gasteiger partial charge in [0.25, 0.3) is 0 Å². The predicted molar refractivity (Wildman–Crippen MR) is 78.9 cm³/mol. The number of hydrogen-bond acceptors (Lipinski definition) is 6. The Morgan fingerprint density at radius 2 is 2.11 bits per heavy atom. The molecule has 1 aromatic heterocycles. The minimum Gasteiger partial charge on any atom is -0.374 e. The molecule has 0 fully saturated rings. The van der Waals surface area contributed by atoms with Gasteiger partial charge in [0.1, 0.15) is 18.2 Å². The molecule has 0 aliphatic heterocycles. The summed E-state index contributed by atoms with van der Waals surface area (Å²) in [7, 11) is 0.958. The number of rotatable bonds is 8. The quantitative estimate of drug-likeness (QED) is 0.748. The second kappa shape index (κ2) is 8.06. The molecule has 108 valence electrons. The first-order valence-electron chi connectivity index (χ1n) is 6.26. The Balaban J connectivity index is 2.73. The Hall–Kier alpha value is -1.21. The number of nitrogens with one attached hydrogen (secondary N) is 2. The Bertz CT molecular complexity index is 428. The Labute approximate surface area is 116 Å². The summed E-state index contributed by atoms with van der Waals surface area (Å²) in [6.45, 7) is 5.48. The molecule has 19 heavy (non-hydrogen) atoms. The van der Waals surface area contributed by atoms with Crippen molar-refractivity contribution in [3.63, 3.8) is 0 Å². The molecule has 0 saturated carbocycles. The van der Waals surface area contributed by atoms with Gasteiger partial charge in [0.2, 0.25) is 0 Å². The van der Waals surface area contributed by atoms with Crippen LogP contribution in [0, 0.1) is 0 Å². The molecule has 2 atom stereocenters. The van der Waals surface area contributed by atoms with Crippen LogP contribution in [0.25, 0.3) is 0 Å². The molecule has 0 bridgehead atoms. The van der Waals surface area contributed by atoms with E-state index in [4.69, 9.17) is 4.74 Å². The largest absolute Gasteiger partial charge is 0.374 e. The fraction of sp³-hybridized carbons (Fsp3) is 0.667. The van der Waals surface area contributed by atoms with Crippen molar-refractivity contribution in [2.75, 3.05) is 37.1 Å². The number of nitrogens with zero attached hydrogens (tertiary/aromatic N) is 2. The van der Waals surface area contributed by atoms with E-state index in [-0.39, 0.29) is 5.25 Å². The fourth-order valence-electron chi connectivity index (χ4n) is 1.34. The van der Waals surface area contributed by atoms with Gasteiger partial charge >= 0.3 is 0 Å². The molecule has 0 aromatic carbocycles. The predicted octanol–water partition coefficient (Wildman–Crippen LogP) is 1.23. The minimum absolute atomic E-state index is 0.0725. The average Bonchev–Trinajstić information content (AvgIpc) is 2.42. The van der Waals surface area contributed by atoms with Crippen molar-refractivity contribution in [3.05, 3.63) is 11.9 Å². The highest BCUT2D eigenvalue weighted by molar-refractivity contribution is 7.84. The maximum atomic E-state index is 11.3. The van der Waals surface area contributed by atoms with Crippen molar-refractivity contribution >= 4 is 22.4 Å². The van der Waals surface area contributed by atoms with Gasteiger partial charge in [-0.15, -0.1) is 0 Å². The van der Waals surface area contributed by atoms with Gasteiger partial charge < -0.3 is 15.4 Å². The summed E-state index contributed by atoms with van der Waals surface area (Å²) in [5.74, 6) is 2.07. The van der Waals surface area contributed by atoms with E-state index in [1.54, 1.807) is 13.3 Å². The van der Waals surface area contributed by atoms with Crippen molar-refractivity contribution in [1.29, 1.82) is 0 Å². The van der Waals surface area contributed by atoms with E-state index >= 15 is 0 Å². The van der Waals surface area contributed by atoms with Crippen LogP contribution in [-0.4, -0.2) is 45.9 Å². The van der Waals surface area contributed by atoms with E-state index < -0.39 is 10.8 Å². The van der Waals surface area contributed by atoms with Crippen LogP contribution in [0.4, 0.5) is 11.6 Å². The lowest BCUT2D eigenvalue weighted by molar-refractivity contribution is 0.128. The van der Waals surface area contributed by atoms with Gasteiger partial charge in [0, 0.05) is 48.6 Å². The maximum Gasteiger partial charge on any atom is 0.158 e. The topological polar surface area (TPSA) is 76.1 Å². The van der Waals surface area contributed by atoms with E-state index in [0.717, 1.165) is 5.82 Å². The van der Waals surface area contributed by atoms with E-state index in [2.05, 4.69) is 20.6 Å². The number of aromatic nitrogens is 2. The van der Waals surface area contributed by atoms with Gasteiger partial charge in [0.05, 0.1) is 0 Å². The lowest BCUT2D eigenvalue weighted by Gasteiger charge is -2.12. The van der Waals surface area contributed by atoms with E-state index in [0.29, 0.717) is 31.4 Å². The molecule has 0 aliphatic carbocycles. The van der Waals surface area contributed by atoms with Gasteiger partial charge in [-0.3, -0.25) is 4.21 Å². The molecule has 2 N–H and O–H groups in total. The van der Waals surface area contributed by atoms with Crippen LogP contribution < -0.4 is 10.6 Å². The molecule has 0 aliphatic rings. The highest BCUT2D eigenvalue weighted by atomic mass is 32.2. The Morgan fingerprint density at radius 3 is 2.68 bits per heavy atom. The first kappa shape index (κ1) is 15.8. The zero-order valence-electron chi connectivity index (χ0n) is 11.9. The van der Waals surface area contributed by atoms with Crippen LogP contribution in [0.2, 0.25) is 0 Å². The third-order valence-corrected chi connectivity index (χ3v) is 3.90. The highest BCUT2D eigenvalue weighted by Gasteiger charge is 2.08. The molecule has 1 rings (SSSR count). The fourth-order valence-corrected chi connectivity index (χ4v) is 1.66. The van der Waals surface area contributed by atoms with E-state index in [1.807, 2.05) is 19.9 Å². The maximum absolute atomic E-state index is 11.3. The number of ether oxygens (including phenoxy) is 1. The number of hydrogen-bond donors (Lipinski definition) is 2. The molecule has 6 nitrogen and oxygen atoms in total. The SMILES string of the molecule is CCOCc1nc(NC)cc(NCC(C)S(C)=O)n1. The van der Waals surface area contributed by atoms with Crippen molar-refractivity contribution in [1.82, 2.24) is 9.97 Å². The molecule has 0 amide bonds. The van der Waals surface area contributed by atoms with Crippen molar-refractivity contribution in [2.24, 2.45) is 0 Å². The minimum atomic E-state index is -0.848. The van der Waals surface area contributed by atoms with Crippen LogP contribution in [-0.2, 0) is 22.1 Å². The molecule has 0 spiro atoms. The van der Waals surface area contributed by atoms with Crippen molar-refractivity contribution in [3.8, 4) is 0 Å². The Morgan fingerprint density at radius 1 is 1.42 bits per heavy atom. The van der Waals surface area contributed by atoms with Crippen LogP contribution in [0.3, 0.4) is 0 Å². The summed E-state index contributed by atoms with van der Waals surface area (Å²) >= 11 is 0. The first-order valence-corrected chi connectivity index (χ1v) is 7.88. The molecular weight excluding hydrogens is 264 g/mol. The van der Waals surface area contributed by atoms with Gasteiger partial charge in [-0.05, 0) is 13.8 Å². The van der Waals surface area contributed by atoms with Gasteiger partial charge in [-0.2, -0.15) is 0 Å². The third kappa shape index (κ3) is 5.52. The summed E-state index contributed by atoms with van der Waals surface area (Å²) < 4.78 is 16.6. The lowest BCUT2D eigenvalue weighted by Crippen LogP contribution is -2.21. The molecule has 1 aromatic rings. The molecule has 2 unspecified atom stereocenters. The van der Waals surface area contributed by atoms with Gasteiger partial charge in [-0.25, -0.2) is 9.97 Å². The van der Waals surface area contributed by atoms with Gasteiger partial charge in [-0.1, -0.05) is 0 Å². The zero-order valence-corrected chi connectivity index (χ0v) is 12.7. The molecular formula is C12H22N4O2S. The van der Waals surface area contributed by atoms with E-state index in [1.165, 1.54) is 0 Å². The lowest BCUT2D eigenvalue weighted by atomic mass is 10.4. The molecule has 0 saturated heterocycles. The average molecular weight is 286 g/mol. The summed E-state index contributed by atoms with van der Waals surface area (Å²) in [6, 6.07) is 1.82. The van der Waals surface area contributed by atoms with Crippen LogP contribution >= 0.6 is 0 Å². The summed E-state index contributed by atoms with van der Waals surface area (Å²) in [4.78, 5) is 8.67. The first-order chi connectivity index (χ1) is 9.06. The molecule has 0 radical (unpaired) electrons. The van der Waals surface area contributed by atoms with Crippen molar-refractivity contribution < 1.29 is 8.95 Å². The second-order valence-corrected chi connectivity index (χ2v) is 5.93. The van der Waals surface area contributed by atoms with Crippen LogP contribution in [0.15, 0.2) is 6.07 Å². The second-order valence-electron chi connectivity index (χ2n) is 4.13. The smallest absolute Gasteiger partial charge is 0.158 e. The third-order valence-electron chi connectivity index (χ3n) is 2.60. The number of anilines is 2. The Kier molecular flexibility index (Phi) is 6.72. The van der Waals surface area contributed by atoms with Gasteiger partial charge in [0.15, 0.2) is 5.82 Å². The van der Waals surface area contributed by atoms with E-state index in [9.17, 15) is 4.21 Å².